The highest BCUT2D eigenvalue weighted by Crippen LogP contribution is 2.54. The van der Waals surface area contributed by atoms with Crippen LogP contribution >= 0.6 is 38.9 Å². The maximum absolute atomic E-state index is 13.5. The van der Waals surface area contributed by atoms with Crippen LogP contribution in [0.4, 0.5) is 52.7 Å². The van der Waals surface area contributed by atoms with Gasteiger partial charge in [-0.25, -0.2) is 0 Å². The van der Waals surface area contributed by atoms with E-state index in [1.807, 2.05) is 0 Å². The van der Waals surface area contributed by atoms with Crippen LogP contribution in [-0.2, 0) is 24.7 Å². The number of thiophene rings is 1. The molecule has 0 spiro atoms. The molecule has 0 N–H and O–H groups in total. The first kappa shape index (κ1) is 24.2. The Morgan fingerprint density at radius 1 is 0.613 bits per heavy atom. The highest BCUT2D eigenvalue weighted by molar-refractivity contribution is 9.10. The fourth-order valence-electron chi connectivity index (χ4n) is 2.92. The van der Waals surface area contributed by atoms with Gasteiger partial charge in [-0.3, -0.25) is 0 Å². The molecule has 0 aliphatic heterocycles. The van der Waals surface area contributed by atoms with E-state index >= 15 is 0 Å². The van der Waals surface area contributed by atoms with Gasteiger partial charge in [0.25, 0.3) is 0 Å². The smallest absolute Gasteiger partial charge is 0.166 e. The Hall–Kier alpha value is -1.41. The molecule has 0 amide bonds. The number of fused-ring (bicyclic) bond motifs is 3. The summed E-state index contributed by atoms with van der Waals surface area (Å²) in [6.07, 6.45) is -21.9. The van der Waals surface area contributed by atoms with Crippen molar-refractivity contribution in [2.45, 2.75) is 24.7 Å². The van der Waals surface area contributed by atoms with E-state index in [0.717, 1.165) is 0 Å². The largest absolute Gasteiger partial charge is 0.419 e. The van der Waals surface area contributed by atoms with Gasteiger partial charge in [-0.2, -0.15) is 52.7 Å². The summed E-state index contributed by atoms with van der Waals surface area (Å²) >= 11 is 7.24. The van der Waals surface area contributed by atoms with Crippen molar-refractivity contribution in [1.29, 1.82) is 0 Å². The zero-order chi connectivity index (χ0) is 23.9. The molecule has 0 bridgehead atoms. The molecule has 31 heavy (non-hydrogen) atoms. The van der Waals surface area contributed by atoms with Crippen molar-refractivity contribution < 1.29 is 52.7 Å². The van der Waals surface area contributed by atoms with Gasteiger partial charge in [-0.1, -0.05) is 11.6 Å². The summed E-state index contributed by atoms with van der Waals surface area (Å²) in [5.74, 6) is 0. The standard InChI is InChI=1S/C16H2BrClF12S/c17-9-5(13(19,20)21)1-3-4-2-6(14(22,23)24)10(18)8(16(28,29)30)12(4)31-11(3)7(9)15(25,26)27/h1-2H. The van der Waals surface area contributed by atoms with Gasteiger partial charge < -0.3 is 0 Å². The van der Waals surface area contributed by atoms with Crippen molar-refractivity contribution in [3.05, 3.63) is 43.9 Å². The monoisotopic (exact) mass is 568 g/mol. The minimum Gasteiger partial charge on any atom is -0.166 e. The topological polar surface area (TPSA) is 0 Å². The van der Waals surface area contributed by atoms with E-state index in [2.05, 4.69) is 15.9 Å². The molecule has 1 heterocycles. The van der Waals surface area contributed by atoms with Gasteiger partial charge in [0, 0.05) is 24.6 Å². The third kappa shape index (κ3) is 4.06. The number of hydrogen-bond acceptors (Lipinski definition) is 1. The van der Waals surface area contributed by atoms with E-state index in [9.17, 15) is 52.7 Å². The summed E-state index contributed by atoms with van der Waals surface area (Å²) in [4.78, 5) is 0. The quantitative estimate of drug-likeness (QED) is 0.237. The van der Waals surface area contributed by atoms with Crippen LogP contribution in [0.15, 0.2) is 16.6 Å². The minimum atomic E-state index is -5.54. The second-order valence-electron chi connectivity index (χ2n) is 6.07. The predicted octanol–water partition coefficient (Wildman–Crippen LogP) is 9.55. The fourth-order valence-corrected chi connectivity index (χ4v) is 5.63. The summed E-state index contributed by atoms with van der Waals surface area (Å²) < 4.78 is 157. The zero-order valence-corrected chi connectivity index (χ0v) is 17.0. The molecule has 0 atom stereocenters. The van der Waals surface area contributed by atoms with Crippen molar-refractivity contribution in [1.82, 2.24) is 0 Å². The minimum absolute atomic E-state index is 0.0138. The van der Waals surface area contributed by atoms with Gasteiger partial charge in [0.05, 0.1) is 27.3 Å². The molecule has 0 saturated heterocycles. The predicted molar refractivity (Wildman–Crippen MR) is 92.0 cm³/mol. The lowest BCUT2D eigenvalue weighted by Gasteiger charge is -2.17. The SMILES string of the molecule is FC(F)(F)c1cc2c(sc3c(C(F)(F)F)c(Br)c(C(F)(F)F)cc32)c(C(F)(F)F)c1Cl. The molecule has 0 nitrogen and oxygen atoms in total. The summed E-state index contributed by atoms with van der Waals surface area (Å²) in [5, 5.41) is -3.98. The molecule has 0 saturated carbocycles. The Kier molecular flexibility index (Phi) is 5.51. The Balaban J connectivity index is 2.69. The lowest BCUT2D eigenvalue weighted by molar-refractivity contribution is -0.144. The van der Waals surface area contributed by atoms with Crippen molar-refractivity contribution in [2.75, 3.05) is 0 Å². The van der Waals surface area contributed by atoms with Crippen molar-refractivity contribution in [3.8, 4) is 0 Å². The van der Waals surface area contributed by atoms with Crippen LogP contribution in [0, 0.1) is 0 Å². The van der Waals surface area contributed by atoms with Crippen LogP contribution in [0.1, 0.15) is 22.3 Å². The highest BCUT2D eigenvalue weighted by atomic mass is 79.9. The summed E-state index contributed by atoms with van der Waals surface area (Å²) in [6.45, 7) is 0. The molecule has 3 aromatic rings. The molecule has 3 rings (SSSR count). The van der Waals surface area contributed by atoms with E-state index in [0.29, 0.717) is 0 Å². The van der Waals surface area contributed by atoms with Gasteiger partial charge in [-0.15, -0.1) is 11.3 Å². The first-order chi connectivity index (χ1) is 13.8. The molecular formula is C16H2BrClF12S. The molecule has 170 valence electrons. The normalized spacial score (nSPS) is 14.1. The van der Waals surface area contributed by atoms with Crippen molar-refractivity contribution in [2.24, 2.45) is 0 Å². The molecule has 1 aromatic heterocycles. The number of benzene rings is 2. The van der Waals surface area contributed by atoms with E-state index < -0.39 is 76.6 Å². The summed E-state index contributed by atoms with van der Waals surface area (Å²) in [7, 11) is 0. The molecule has 2 aromatic carbocycles. The van der Waals surface area contributed by atoms with Gasteiger partial charge in [0.1, 0.15) is 0 Å². The fraction of sp³-hybridized carbons (Fsp3) is 0.250. The number of halogens is 14. The molecule has 0 radical (unpaired) electrons. The molecule has 0 aliphatic rings. The van der Waals surface area contributed by atoms with Crippen LogP contribution < -0.4 is 0 Å². The number of rotatable bonds is 0. The second kappa shape index (κ2) is 7.04. The summed E-state index contributed by atoms with van der Waals surface area (Å²) in [6, 6.07) is 0.0850. The first-order valence-electron chi connectivity index (χ1n) is 7.46. The maximum atomic E-state index is 13.5. The number of hydrogen-bond donors (Lipinski definition) is 0. The van der Waals surface area contributed by atoms with Gasteiger partial charge in [0.2, 0.25) is 0 Å². The van der Waals surface area contributed by atoms with Crippen LogP contribution in [-0.4, -0.2) is 0 Å². The molecule has 0 unspecified atom stereocenters. The van der Waals surface area contributed by atoms with Crippen LogP contribution in [0.5, 0.6) is 0 Å². The van der Waals surface area contributed by atoms with Crippen LogP contribution in [0.2, 0.25) is 5.02 Å². The summed E-state index contributed by atoms with van der Waals surface area (Å²) in [5.41, 5.74) is -8.00. The van der Waals surface area contributed by atoms with Gasteiger partial charge in [0.15, 0.2) is 0 Å². The Morgan fingerprint density at radius 2 is 1.00 bits per heavy atom. The van der Waals surface area contributed by atoms with Crippen molar-refractivity contribution in [3.63, 3.8) is 0 Å². The van der Waals surface area contributed by atoms with Gasteiger partial charge in [-0.05, 0) is 28.1 Å². The van der Waals surface area contributed by atoms with E-state index in [-0.39, 0.29) is 23.5 Å². The average Bonchev–Trinajstić information content (AvgIpc) is 2.85. The first-order valence-corrected chi connectivity index (χ1v) is 9.45. The van der Waals surface area contributed by atoms with Crippen LogP contribution in [0.25, 0.3) is 20.2 Å². The van der Waals surface area contributed by atoms with Crippen molar-refractivity contribution >= 4 is 59.0 Å². The third-order valence-corrected chi connectivity index (χ3v) is 6.58. The van der Waals surface area contributed by atoms with Crippen LogP contribution in [0.3, 0.4) is 0 Å². The lowest BCUT2D eigenvalue weighted by Crippen LogP contribution is -2.13. The lowest BCUT2D eigenvalue weighted by atomic mass is 10.0. The zero-order valence-electron chi connectivity index (χ0n) is 13.9. The Morgan fingerprint density at radius 3 is 1.39 bits per heavy atom. The Bertz CT molecular complexity index is 1100. The van der Waals surface area contributed by atoms with E-state index in [4.69, 9.17) is 11.6 Å². The van der Waals surface area contributed by atoms with E-state index in [1.54, 1.807) is 0 Å². The number of alkyl halides is 12. The average molecular weight is 570 g/mol. The Labute approximate surface area is 180 Å². The molecule has 0 aliphatic carbocycles. The second-order valence-corrected chi connectivity index (χ2v) is 8.26. The maximum Gasteiger partial charge on any atom is 0.419 e. The van der Waals surface area contributed by atoms with E-state index in [1.165, 1.54) is 0 Å². The molecule has 15 heteroatoms. The third-order valence-electron chi connectivity index (χ3n) is 4.10. The molecule has 0 fully saturated rings. The van der Waals surface area contributed by atoms with Gasteiger partial charge >= 0.3 is 24.7 Å². The highest BCUT2D eigenvalue weighted by Gasteiger charge is 2.46. The molecular weight excluding hydrogens is 568 g/mol.